The number of nitrogens with zero attached hydrogens (tertiary/aromatic N) is 2. The van der Waals surface area contributed by atoms with Crippen molar-refractivity contribution in [2.24, 2.45) is 0 Å². The number of rotatable bonds is 13. The molecule has 3 aromatic rings. The Morgan fingerprint density at radius 1 is 0.950 bits per heavy atom. The fraction of sp³-hybridized carbons (Fsp3) is 0.355. The number of amides is 2. The van der Waals surface area contributed by atoms with Crippen molar-refractivity contribution in [1.29, 1.82) is 0 Å². The molecule has 0 aliphatic heterocycles. The number of hydrogen-bond acceptors (Lipinski definition) is 5. The zero-order valence-corrected chi connectivity index (χ0v) is 24.7. The van der Waals surface area contributed by atoms with E-state index in [4.69, 9.17) is 4.74 Å². The van der Waals surface area contributed by atoms with E-state index in [1.807, 2.05) is 45.9 Å². The highest BCUT2D eigenvalue weighted by atomic mass is 32.2. The van der Waals surface area contributed by atoms with E-state index in [2.05, 4.69) is 5.32 Å². The second-order valence-corrected chi connectivity index (χ2v) is 11.5. The van der Waals surface area contributed by atoms with Crippen molar-refractivity contribution < 1.29 is 22.7 Å². The van der Waals surface area contributed by atoms with Gasteiger partial charge in [-0.25, -0.2) is 8.42 Å². The number of methoxy groups -OCH3 is 1. The number of aryl methyl sites for hydroxylation is 1. The number of anilines is 1. The van der Waals surface area contributed by atoms with Crippen molar-refractivity contribution in [2.75, 3.05) is 24.5 Å². The van der Waals surface area contributed by atoms with Gasteiger partial charge in [-0.1, -0.05) is 56.3 Å². The van der Waals surface area contributed by atoms with Crippen LogP contribution in [0.1, 0.15) is 43.4 Å². The molecular formula is C31H39N3O5S. The number of nitrogens with one attached hydrogen (secondary N) is 1. The fourth-order valence-corrected chi connectivity index (χ4v) is 5.98. The van der Waals surface area contributed by atoms with Gasteiger partial charge in [0.05, 0.1) is 17.7 Å². The first kappa shape index (κ1) is 30.7. The lowest BCUT2D eigenvalue weighted by Crippen LogP contribution is -2.52. The Kier molecular flexibility index (Phi) is 10.7. The van der Waals surface area contributed by atoms with Crippen molar-refractivity contribution in [3.63, 3.8) is 0 Å². The van der Waals surface area contributed by atoms with Crippen LogP contribution in [0.4, 0.5) is 5.69 Å². The first-order chi connectivity index (χ1) is 19.1. The molecule has 214 valence electrons. The average molecular weight is 566 g/mol. The Morgan fingerprint density at radius 2 is 1.65 bits per heavy atom. The zero-order chi connectivity index (χ0) is 29.3. The summed E-state index contributed by atoms with van der Waals surface area (Å²) in [5, 5.41) is 2.90. The molecule has 0 aromatic heterocycles. The second kappa shape index (κ2) is 14.0. The van der Waals surface area contributed by atoms with Gasteiger partial charge < -0.3 is 15.0 Å². The van der Waals surface area contributed by atoms with Crippen LogP contribution in [-0.2, 0) is 26.2 Å². The molecular weight excluding hydrogens is 526 g/mol. The van der Waals surface area contributed by atoms with Gasteiger partial charge in [-0.2, -0.15) is 0 Å². The van der Waals surface area contributed by atoms with Crippen LogP contribution in [-0.4, -0.2) is 51.4 Å². The van der Waals surface area contributed by atoms with Gasteiger partial charge in [0.2, 0.25) is 11.8 Å². The third-order valence-electron chi connectivity index (χ3n) is 6.88. The minimum Gasteiger partial charge on any atom is -0.497 e. The smallest absolute Gasteiger partial charge is 0.264 e. The maximum Gasteiger partial charge on any atom is 0.264 e. The summed E-state index contributed by atoms with van der Waals surface area (Å²) < 4.78 is 34.4. The van der Waals surface area contributed by atoms with Crippen molar-refractivity contribution in [1.82, 2.24) is 10.2 Å². The standard InChI is InChI=1S/C31H39N3O5S/c1-6-19-32-31(36)28(7-2)33(21-25-14-12-15-26(20-25)39-5)30(35)22-34(29-18-11-13-23(3)24(29)4)40(37,38)27-16-9-8-10-17-27/h8-18,20,28H,6-7,19,21-22H2,1-5H3,(H,32,36)/t28-/m1/s1. The molecule has 1 N–H and O–H groups in total. The highest BCUT2D eigenvalue weighted by Gasteiger charge is 2.34. The summed E-state index contributed by atoms with van der Waals surface area (Å²) in [4.78, 5) is 28.9. The van der Waals surface area contributed by atoms with Gasteiger partial charge in [0.25, 0.3) is 10.0 Å². The van der Waals surface area contributed by atoms with Gasteiger partial charge in [0.1, 0.15) is 18.3 Å². The highest BCUT2D eigenvalue weighted by Crippen LogP contribution is 2.29. The summed E-state index contributed by atoms with van der Waals surface area (Å²) in [6.45, 7) is 7.65. The van der Waals surface area contributed by atoms with Crippen molar-refractivity contribution in [2.45, 2.75) is 58.0 Å². The lowest BCUT2D eigenvalue weighted by molar-refractivity contribution is -0.140. The van der Waals surface area contributed by atoms with Gasteiger partial charge in [-0.05, 0) is 73.7 Å². The zero-order valence-electron chi connectivity index (χ0n) is 23.9. The van der Waals surface area contributed by atoms with Gasteiger partial charge in [0, 0.05) is 13.1 Å². The molecule has 0 heterocycles. The van der Waals surface area contributed by atoms with E-state index < -0.39 is 28.5 Å². The molecule has 0 saturated carbocycles. The van der Waals surface area contributed by atoms with Crippen LogP contribution in [0.25, 0.3) is 0 Å². The third-order valence-corrected chi connectivity index (χ3v) is 8.65. The lowest BCUT2D eigenvalue weighted by Gasteiger charge is -2.33. The molecule has 1 atom stereocenters. The van der Waals surface area contributed by atoms with Crippen LogP contribution in [0.5, 0.6) is 5.75 Å². The molecule has 3 rings (SSSR count). The maximum absolute atomic E-state index is 14.1. The van der Waals surface area contributed by atoms with Crippen molar-refractivity contribution >= 4 is 27.5 Å². The molecule has 0 unspecified atom stereocenters. The highest BCUT2D eigenvalue weighted by molar-refractivity contribution is 7.92. The number of carbonyl (C=O) groups excluding carboxylic acids is 2. The predicted molar refractivity (Wildman–Crippen MR) is 158 cm³/mol. The van der Waals surface area contributed by atoms with Gasteiger partial charge in [0.15, 0.2) is 0 Å². The number of sulfonamides is 1. The lowest BCUT2D eigenvalue weighted by atomic mass is 10.1. The SMILES string of the molecule is CCCNC(=O)[C@@H](CC)N(Cc1cccc(OC)c1)C(=O)CN(c1cccc(C)c1C)S(=O)(=O)c1ccccc1. The summed E-state index contributed by atoms with van der Waals surface area (Å²) in [6.07, 6.45) is 1.11. The van der Waals surface area contributed by atoms with E-state index in [1.165, 1.54) is 17.0 Å². The van der Waals surface area contributed by atoms with Crippen LogP contribution < -0.4 is 14.4 Å². The van der Waals surface area contributed by atoms with Crippen molar-refractivity contribution in [3.05, 3.63) is 89.5 Å². The maximum atomic E-state index is 14.1. The number of ether oxygens (including phenoxy) is 1. The van der Waals surface area contributed by atoms with E-state index in [1.54, 1.807) is 49.6 Å². The molecule has 8 nitrogen and oxygen atoms in total. The van der Waals surface area contributed by atoms with E-state index in [9.17, 15) is 18.0 Å². The summed E-state index contributed by atoms with van der Waals surface area (Å²) in [7, 11) is -2.55. The molecule has 0 fully saturated rings. The number of carbonyl (C=O) groups is 2. The van der Waals surface area contributed by atoms with Crippen LogP contribution >= 0.6 is 0 Å². The molecule has 0 saturated heterocycles. The number of benzene rings is 3. The first-order valence-electron chi connectivity index (χ1n) is 13.5. The predicted octanol–water partition coefficient (Wildman–Crippen LogP) is 4.84. The van der Waals surface area contributed by atoms with E-state index in [0.717, 1.165) is 27.4 Å². The monoisotopic (exact) mass is 565 g/mol. The minimum absolute atomic E-state index is 0.0794. The largest absolute Gasteiger partial charge is 0.497 e. The minimum atomic E-state index is -4.11. The normalized spacial score (nSPS) is 11.9. The summed E-state index contributed by atoms with van der Waals surface area (Å²) in [6, 6.07) is 19.9. The summed E-state index contributed by atoms with van der Waals surface area (Å²) in [5.41, 5.74) is 2.83. The summed E-state index contributed by atoms with van der Waals surface area (Å²) >= 11 is 0. The quantitative estimate of drug-likeness (QED) is 0.320. The van der Waals surface area contributed by atoms with Gasteiger partial charge in [-0.15, -0.1) is 0 Å². The molecule has 9 heteroatoms. The molecule has 3 aromatic carbocycles. The Hall–Kier alpha value is -3.85. The Morgan fingerprint density at radius 3 is 2.30 bits per heavy atom. The van der Waals surface area contributed by atoms with Crippen molar-refractivity contribution in [3.8, 4) is 5.75 Å². The van der Waals surface area contributed by atoms with E-state index in [0.29, 0.717) is 24.4 Å². The van der Waals surface area contributed by atoms with Crippen LogP contribution in [0.2, 0.25) is 0 Å². The van der Waals surface area contributed by atoms with Crippen LogP contribution in [0.15, 0.2) is 77.7 Å². The third kappa shape index (κ3) is 7.21. The van der Waals surface area contributed by atoms with Crippen LogP contribution in [0, 0.1) is 13.8 Å². The topological polar surface area (TPSA) is 96.0 Å². The molecule has 0 spiro atoms. The first-order valence-corrected chi connectivity index (χ1v) is 14.9. The fourth-order valence-electron chi connectivity index (χ4n) is 4.49. The van der Waals surface area contributed by atoms with E-state index >= 15 is 0 Å². The average Bonchev–Trinajstić information content (AvgIpc) is 2.96. The van der Waals surface area contributed by atoms with Gasteiger partial charge in [-0.3, -0.25) is 13.9 Å². The number of hydrogen-bond donors (Lipinski definition) is 1. The Labute approximate surface area is 238 Å². The molecule has 2 amide bonds. The molecule has 40 heavy (non-hydrogen) atoms. The Balaban J connectivity index is 2.09. The molecule has 0 aliphatic rings. The molecule has 0 radical (unpaired) electrons. The molecule has 0 bridgehead atoms. The van der Waals surface area contributed by atoms with E-state index in [-0.39, 0.29) is 17.3 Å². The van der Waals surface area contributed by atoms with Gasteiger partial charge >= 0.3 is 0 Å². The Bertz CT molecular complexity index is 1410. The second-order valence-electron chi connectivity index (χ2n) is 9.63. The summed E-state index contributed by atoms with van der Waals surface area (Å²) in [5.74, 6) is -0.136. The van der Waals surface area contributed by atoms with Crippen LogP contribution in [0.3, 0.4) is 0 Å². The molecule has 0 aliphatic carbocycles.